The molecule has 2 aromatic heterocycles. The van der Waals surface area contributed by atoms with Gasteiger partial charge in [0.2, 0.25) is 0 Å². The van der Waals surface area contributed by atoms with Gasteiger partial charge in [0.1, 0.15) is 16.9 Å². The molecular weight excluding hydrogens is 449 g/mol. The van der Waals surface area contributed by atoms with E-state index in [0.29, 0.717) is 17.0 Å². The summed E-state index contributed by atoms with van der Waals surface area (Å²) in [5.41, 5.74) is -0.469. The van der Waals surface area contributed by atoms with Crippen LogP contribution < -0.4 is 10.1 Å². The van der Waals surface area contributed by atoms with Crippen molar-refractivity contribution in [3.63, 3.8) is 0 Å². The van der Waals surface area contributed by atoms with Crippen LogP contribution in [0.3, 0.4) is 0 Å². The van der Waals surface area contributed by atoms with E-state index in [1.807, 2.05) is 24.3 Å². The van der Waals surface area contributed by atoms with Crippen molar-refractivity contribution in [2.24, 2.45) is 5.92 Å². The lowest BCUT2D eigenvalue weighted by Gasteiger charge is -2.30. The molecule has 3 aromatic rings. The number of aryl methyl sites for hydroxylation is 1. The first-order valence-electron chi connectivity index (χ1n) is 9.83. The van der Waals surface area contributed by atoms with E-state index in [1.54, 1.807) is 6.92 Å². The maximum atomic E-state index is 12.6. The van der Waals surface area contributed by atoms with E-state index in [4.69, 9.17) is 4.74 Å². The van der Waals surface area contributed by atoms with Crippen LogP contribution in [0.15, 0.2) is 24.3 Å². The first-order chi connectivity index (χ1) is 15.1. The summed E-state index contributed by atoms with van der Waals surface area (Å²) < 4.78 is 43.5. The van der Waals surface area contributed by atoms with Crippen LogP contribution in [0, 0.1) is 12.8 Å². The minimum Gasteiger partial charge on any atom is -0.454 e. The zero-order chi connectivity index (χ0) is 23.1. The highest BCUT2D eigenvalue weighted by molar-refractivity contribution is 7.21. The van der Waals surface area contributed by atoms with Crippen molar-refractivity contribution in [1.82, 2.24) is 15.0 Å². The lowest BCUT2D eigenvalue weighted by molar-refractivity contribution is -0.154. The van der Waals surface area contributed by atoms with Crippen LogP contribution >= 0.6 is 11.3 Å². The molecule has 1 saturated carbocycles. The molecular formula is C20H21F3N4O4S. The van der Waals surface area contributed by atoms with E-state index in [9.17, 15) is 28.5 Å². The number of para-hydroxylation sites is 1. The lowest BCUT2D eigenvalue weighted by atomic mass is 10.0. The van der Waals surface area contributed by atoms with Gasteiger partial charge in [0, 0.05) is 12.5 Å². The average Bonchev–Trinajstić information content (AvgIpc) is 3.26. The molecule has 0 amide bonds. The smallest absolute Gasteiger partial charge is 0.422 e. The molecule has 3 atom stereocenters. The van der Waals surface area contributed by atoms with Crippen molar-refractivity contribution < 1.29 is 33.2 Å². The number of thiazole rings is 1. The monoisotopic (exact) mass is 470 g/mol. The predicted octanol–water partition coefficient (Wildman–Crippen LogP) is 2.87. The molecule has 1 aliphatic rings. The van der Waals surface area contributed by atoms with Crippen LogP contribution in [0.2, 0.25) is 0 Å². The number of fused-ring (bicyclic) bond motifs is 1. The Kier molecular flexibility index (Phi) is 5.96. The molecule has 8 nitrogen and oxygen atoms in total. The second-order valence-corrected chi connectivity index (χ2v) is 8.71. The number of nitrogens with one attached hydrogen (secondary N) is 1. The van der Waals surface area contributed by atoms with Crippen LogP contribution in [0.5, 0.6) is 6.01 Å². The summed E-state index contributed by atoms with van der Waals surface area (Å²) in [5.74, 6) is -0.573. The number of aliphatic hydroxyl groups is 3. The summed E-state index contributed by atoms with van der Waals surface area (Å²) >= 11 is 1.33. The van der Waals surface area contributed by atoms with Gasteiger partial charge in [-0.15, -0.1) is 11.3 Å². The second kappa shape index (κ2) is 8.43. The number of aromatic nitrogens is 3. The molecule has 172 valence electrons. The molecule has 1 aliphatic carbocycles. The normalized spacial score (nSPS) is 23.6. The van der Waals surface area contributed by atoms with Gasteiger partial charge >= 0.3 is 12.2 Å². The largest absolute Gasteiger partial charge is 0.454 e. The van der Waals surface area contributed by atoms with Crippen molar-refractivity contribution in [3.8, 4) is 16.6 Å². The highest BCUT2D eigenvalue weighted by atomic mass is 32.1. The van der Waals surface area contributed by atoms with Gasteiger partial charge in [0.15, 0.2) is 12.3 Å². The first-order valence-corrected chi connectivity index (χ1v) is 10.6. The Hall–Kier alpha value is -2.54. The third-order valence-corrected chi connectivity index (χ3v) is 6.40. The van der Waals surface area contributed by atoms with Crippen LogP contribution in [0.25, 0.3) is 20.8 Å². The molecule has 2 heterocycles. The van der Waals surface area contributed by atoms with E-state index >= 15 is 0 Å². The van der Waals surface area contributed by atoms with Gasteiger partial charge < -0.3 is 25.4 Å². The second-order valence-electron chi connectivity index (χ2n) is 7.68. The van der Waals surface area contributed by atoms with Crippen LogP contribution in [0.4, 0.5) is 19.0 Å². The number of anilines is 1. The zero-order valence-corrected chi connectivity index (χ0v) is 17.7. The third-order valence-electron chi connectivity index (χ3n) is 5.34. The average molecular weight is 470 g/mol. The molecule has 0 spiro atoms. The standard InChI is InChI=1S/C20H21F3N4O4S/c1-10-14(17-25-12-4-2-3-5-13(12)32-17)16(26-18(24-10)31-9-20(21,22)23)27-19(30)7-6-11(8-28)15(19)29/h2-5,11,15,28-30H,6-9H2,1H3,(H,24,26,27). The minimum absolute atomic E-state index is 0.0196. The summed E-state index contributed by atoms with van der Waals surface area (Å²) in [6.07, 6.45) is -5.45. The summed E-state index contributed by atoms with van der Waals surface area (Å²) in [5, 5.41) is 34.2. The summed E-state index contributed by atoms with van der Waals surface area (Å²) in [4.78, 5) is 12.7. The van der Waals surface area contributed by atoms with Gasteiger partial charge in [-0.1, -0.05) is 12.1 Å². The summed E-state index contributed by atoms with van der Waals surface area (Å²) in [6.45, 7) is -0.329. The SMILES string of the molecule is Cc1nc(OCC(F)(F)F)nc(NC2(O)CCC(CO)C2O)c1-c1nc2ccccc2s1. The van der Waals surface area contributed by atoms with Gasteiger partial charge in [0.05, 0.1) is 21.5 Å². The Bertz CT molecular complexity index is 1090. The number of rotatable bonds is 6. The highest BCUT2D eigenvalue weighted by Crippen LogP contribution is 2.40. The molecule has 0 bridgehead atoms. The Labute approximate surface area is 184 Å². The van der Waals surface area contributed by atoms with Crippen molar-refractivity contribution in [3.05, 3.63) is 30.0 Å². The molecule has 0 radical (unpaired) electrons. The number of nitrogens with zero attached hydrogens (tertiary/aromatic N) is 3. The van der Waals surface area contributed by atoms with Gasteiger partial charge in [-0.25, -0.2) is 4.98 Å². The molecule has 3 unspecified atom stereocenters. The molecule has 0 aliphatic heterocycles. The summed E-state index contributed by atoms with van der Waals surface area (Å²) in [6, 6.07) is 6.85. The van der Waals surface area contributed by atoms with E-state index < -0.39 is 36.5 Å². The first kappa shape index (κ1) is 22.6. The fourth-order valence-electron chi connectivity index (χ4n) is 3.72. The molecule has 32 heavy (non-hydrogen) atoms. The van der Waals surface area contributed by atoms with Crippen molar-refractivity contribution >= 4 is 27.4 Å². The van der Waals surface area contributed by atoms with Crippen molar-refractivity contribution in [2.45, 2.75) is 37.8 Å². The van der Waals surface area contributed by atoms with E-state index in [2.05, 4.69) is 20.3 Å². The molecule has 4 rings (SSSR count). The fourth-order valence-corrected chi connectivity index (χ4v) is 4.78. The third kappa shape index (κ3) is 4.49. The number of benzene rings is 1. The van der Waals surface area contributed by atoms with Crippen LogP contribution in [-0.2, 0) is 0 Å². The minimum atomic E-state index is -4.58. The summed E-state index contributed by atoms with van der Waals surface area (Å²) in [7, 11) is 0. The quantitative estimate of drug-likeness (QED) is 0.406. The maximum absolute atomic E-state index is 12.6. The van der Waals surface area contributed by atoms with Crippen molar-refractivity contribution in [1.29, 1.82) is 0 Å². The molecule has 1 fully saturated rings. The molecule has 12 heteroatoms. The number of hydrogen-bond donors (Lipinski definition) is 4. The maximum Gasteiger partial charge on any atom is 0.422 e. The van der Waals surface area contributed by atoms with Crippen molar-refractivity contribution in [2.75, 3.05) is 18.5 Å². The van der Waals surface area contributed by atoms with Gasteiger partial charge in [-0.2, -0.15) is 23.1 Å². The van der Waals surface area contributed by atoms with E-state index in [0.717, 1.165) is 10.2 Å². The lowest BCUT2D eigenvalue weighted by Crippen LogP contribution is -2.48. The van der Waals surface area contributed by atoms with Crippen LogP contribution in [0.1, 0.15) is 18.5 Å². The molecule has 1 aromatic carbocycles. The number of hydrogen-bond acceptors (Lipinski definition) is 9. The Morgan fingerprint density at radius 3 is 2.66 bits per heavy atom. The predicted molar refractivity (Wildman–Crippen MR) is 111 cm³/mol. The fraction of sp³-hybridized carbons (Fsp3) is 0.450. The Balaban J connectivity index is 1.77. The number of ether oxygens (including phenoxy) is 1. The van der Waals surface area contributed by atoms with E-state index in [-0.39, 0.29) is 24.5 Å². The number of alkyl halides is 3. The van der Waals surface area contributed by atoms with E-state index in [1.165, 1.54) is 11.3 Å². The van der Waals surface area contributed by atoms with Gasteiger partial charge in [-0.3, -0.25) is 0 Å². The number of aliphatic hydroxyl groups excluding tert-OH is 2. The Morgan fingerprint density at radius 2 is 2.00 bits per heavy atom. The zero-order valence-electron chi connectivity index (χ0n) is 16.9. The number of halogens is 3. The van der Waals surface area contributed by atoms with Gasteiger partial charge in [0.25, 0.3) is 0 Å². The van der Waals surface area contributed by atoms with Gasteiger partial charge in [-0.05, 0) is 31.9 Å². The Morgan fingerprint density at radius 1 is 1.25 bits per heavy atom. The van der Waals surface area contributed by atoms with Crippen LogP contribution in [-0.4, -0.2) is 61.5 Å². The molecule has 0 saturated heterocycles. The molecule has 4 N–H and O–H groups in total. The highest BCUT2D eigenvalue weighted by Gasteiger charge is 2.47. The topological polar surface area (TPSA) is 121 Å².